The van der Waals surface area contributed by atoms with Crippen molar-refractivity contribution >= 4 is 15.9 Å². The summed E-state index contributed by atoms with van der Waals surface area (Å²) in [5, 5.41) is 5.78. The van der Waals surface area contributed by atoms with E-state index in [0.29, 0.717) is 25.2 Å². The quantitative estimate of drug-likeness (QED) is 0.665. The highest BCUT2D eigenvalue weighted by molar-refractivity contribution is 7.89. The third kappa shape index (κ3) is 4.79. The van der Waals surface area contributed by atoms with Gasteiger partial charge in [-0.25, -0.2) is 8.42 Å². The highest BCUT2D eigenvalue weighted by atomic mass is 32.2. The summed E-state index contributed by atoms with van der Waals surface area (Å²) in [4.78, 5) is 12.2. The second-order valence-electron chi connectivity index (χ2n) is 4.83. The second kappa shape index (κ2) is 8.87. The van der Waals surface area contributed by atoms with Gasteiger partial charge in [-0.3, -0.25) is 4.79 Å². The van der Waals surface area contributed by atoms with Crippen LogP contribution >= 0.6 is 0 Å². The fraction of sp³-hybridized carbons (Fsp3) is 0.533. The summed E-state index contributed by atoms with van der Waals surface area (Å²) in [6.45, 7) is 5.75. The van der Waals surface area contributed by atoms with Crippen LogP contribution < -0.4 is 10.6 Å². The van der Waals surface area contributed by atoms with Gasteiger partial charge in [0.25, 0.3) is 5.91 Å². The maximum atomic E-state index is 12.5. The number of rotatable bonds is 9. The first-order valence-corrected chi connectivity index (χ1v) is 8.94. The predicted molar refractivity (Wildman–Crippen MR) is 87.4 cm³/mol. The summed E-state index contributed by atoms with van der Waals surface area (Å²) < 4.78 is 26.3. The van der Waals surface area contributed by atoms with E-state index in [-0.39, 0.29) is 10.8 Å². The molecule has 124 valence electrons. The lowest BCUT2D eigenvalue weighted by Gasteiger charge is -2.18. The number of hydrogen-bond acceptors (Lipinski definition) is 4. The molecule has 6 nitrogen and oxygen atoms in total. The minimum Gasteiger partial charge on any atom is -0.352 e. The molecule has 1 amide bonds. The number of benzene rings is 1. The van der Waals surface area contributed by atoms with Crippen molar-refractivity contribution in [3.8, 4) is 0 Å². The molecule has 0 radical (unpaired) electrons. The number of hydrogen-bond donors (Lipinski definition) is 2. The van der Waals surface area contributed by atoms with E-state index in [2.05, 4.69) is 10.6 Å². The highest BCUT2D eigenvalue weighted by Gasteiger charge is 2.22. The second-order valence-corrected chi connectivity index (χ2v) is 6.77. The van der Waals surface area contributed by atoms with E-state index in [4.69, 9.17) is 0 Å². The molecule has 0 heterocycles. The molecule has 1 rings (SSSR count). The molecule has 0 unspecified atom stereocenters. The predicted octanol–water partition coefficient (Wildman–Crippen LogP) is 1.06. The fourth-order valence-corrected chi connectivity index (χ4v) is 3.58. The molecule has 0 spiro atoms. The van der Waals surface area contributed by atoms with Crippen molar-refractivity contribution in [3.05, 3.63) is 29.8 Å². The van der Waals surface area contributed by atoms with E-state index >= 15 is 0 Å². The molecule has 1 aromatic rings. The molecule has 0 atom stereocenters. The van der Waals surface area contributed by atoms with Gasteiger partial charge in [0.2, 0.25) is 10.0 Å². The first kappa shape index (κ1) is 18.6. The van der Waals surface area contributed by atoms with Crippen LogP contribution in [-0.4, -0.2) is 51.9 Å². The van der Waals surface area contributed by atoms with Gasteiger partial charge in [-0.05, 0) is 38.2 Å². The lowest BCUT2D eigenvalue weighted by atomic mass is 10.2. The lowest BCUT2D eigenvalue weighted by Crippen LogP contribution is -2.31. The Morgan fingerprint density at radius 2 is 1.86 bits per heavy atom. The monoisotopic (exact) mass is 327 g/mol. The van der Waals surface area contributed by atoms with Gasteiger partial charge in [0.05, 0.1) is 4.90 Å². The normalized spacial score (nSPS) is 11.6. The SMILES string of the molecule is CCN(CC)S(=O)(=O)c1cccc(C(=O)NCCCNC)c1. The number of amides is 1. The first-order valence-electron chi connectivity index (χ1n) is 7.50. The standard InChI is InChI=1S/C15H25N3O3S/c1-4-18(5-2)22(20,21)14-9-6-8-13(12-14)15(19)17-11-7-10-16-3/h6,8-9,12,16H,4-5,7,10-11H2,1-3H3,(H,17,19). The molecule has 0 fully saturated rings. The first-order chi connectivity index (χ1) is 10.5. The maximum Gasteiger partial charge on any atom is 0.251 e. The summed E-state index contributed by atoms with van der Waals surface area (Å²) in [6, 6.07) is 6.17. The minimum atomic E-state index is -3.54. The van der Waals surface area contributed by atoms with Crippen molar-refractivity contribution in [3.63, 3.8) is 0 Å². The van der Waals surface area contributed by atoms with Gasteiger partial charge in [-0.1, -0.05) is 19.9 Å². The van der Waals surface area contributed by atoms with Gasteiger partial charge < -0.3 is 10.6 Å². The molecule has 0 bridgehead atoms. The van der Waals surface area contributed by atoms with Crippen molar-refractivity contribution in [1.82, 2.24) is 14.9 Å². The number of carbonyl (C=O) groups excluding carboxylic acids is 1. The summed E-state index contributed by atoms with van der Waals surface area (Å²) >= 11 is 0. The zero-order chi connectivity index (χ0) is 16.6. The average Bonchev–Trinajstić information content (AvgIpc) is 2.52. The molecule has 0 saturated heterocycles. The molecule has 0 aliphatic carbocycles. The Labute approximate surface area is 132 Å². The third-order valence-electron chi connectivity index (χ3n) is 3.33. The Morgan fingerprint density at radius 1 is 1.18 bits per heavy atom. The molecule has 1 aromatic carbocycles. The number of sulfonamides is 1. The molecule has 2 N–H and O–H groups in total. The van der Waals surface area contributed by atoms with Gasteiger partial charge in [-0.15, -0.1) is 0 Å². The number of carbonyl (C=O) groups is 1. The maximum absolute atomic E-state index is 12.5. The van der Waals surface area contributed by atoms with E-state index in [1.54, 1.807) is 26.0 Å². The van der Waals surface area contributed by atoms with Crippen molar-refractivity contribution in [2.45, 2.75) is 25.2 Å². The van der Waals surface area contributed by atoms with Crippen LogP contribution in [0, 0.1) is 0 Å². The van der Waals surface area contributed by atoms with Crippen molar-refractivity contribution in [2.75, 3.05) is 33.2 Å². The van der Waals surface area contributed by atoms with Crippen LogP contribution in [0.3, 0.4) is 0 Å². The smallest absolute Gasteiger partial charge is 0.251 e. The van der Waals surface area contributed by atoms with E-state index in [9.17, 15) is 13.2 Å². The van der Waals surface area contributed by atoms with Crippen LogP contribution in [0.5, 0.6) is 0 Å². The zero-order valence-electron chi connectivity index (χ0n) is 13.4. The molecule has 22 heavy (non-hydrogen) atoms. The van der Waals surface area contributed by atoms with Gasteiger partial charge in [0.1, 0.15) is 0 Å². The third-order valence-corrected chi connectivity index (χ3v) is 5.37. The van der Waals surface area contributed by atoms with Gasteiger partial charge in [-0.2, -0.15) is 4.31 Å². The van der Waals surface area contributed by atoms with Crippen LogP contribution in [0.4, 0.5) is 0 Å². The van der Waals surface area contributed by atoms with Crippen LogP contribution in [0.1, 0.15) is 30.6 Å². The van der Waals surface area contributed by atoms with E-state index in [1.807, 2.05) is 7.05 Å². The van der Waals surface area contributed by atoms with Crippen LogP contribution in [0.25, 0.3) is 0 Å². The Bertz CT molecular complexity index is 583. The summed E-state index contributed by atoms with van der Waals surface area (Å²) in [5.74, 6) is -0.257. The lowest BCUT2D eigenvalue weighted by molar-refractivity contribution is 0.0953. The molecular formula is C15H25N3O3S. The van der Waals surface area contributed by atoms with E-state index in [1.165, 1.54) is 16.4 Å². The number of nitrogens with zero attached hydrogens (tertiary/aromatic N) is 1. The van der Waals surface area contributed by atoms with Gasteiger partial charge in [0.15, 0.2) is 0 Å². The Morgan fingerprint density at radius 3 is 2.45 bits per heavy atom. The molecule has 0 saturated carbocycles. The topological polar surface area (TPSA) is 78.5 Å². The van der Waals surface area contributed by atoms with Crippen LogP contribution in [-0.2, 0) is 10.0 Å². The van der Waals surface area contributed by atoms with Gasteiger partial charge >= 0.3 is 0 Å². The average molecular weight is 327 g/mol. The van der Waals surface area contributed by atoms with E-state index < -0.39 is 10.0 Å². The van der Waals surface area contributed by atoms with E-state index in [0.717, 1.165) is 13.0 Å². The summed E-state index contributed by atoms with van der Waals surface area (Å²) in [6.07, 6.45) is 0.819. The minimum absolute atomic E-state index is 0.152. The van der Waals surface area contributed by atoms with Crippen LogP contribution in [0.15, 0.2) is 29.2 Å². The van der Waals surface area contributed by atoms with Crippen molar-refractivity contribution in [1.29, 1.82) is 0 Å². The molecular weight excluding hydrogens is 302 g/mol. The van der Waals surface area contributed by atoms with Crippen LogP contribution in [0.2, 0.25) is 0 Å². The van der Waals surface area contributed by atoms with Gasteiger partial charge in [0, 0.05) is 25.2 Å². The summed E-state index contributed by atoms with van der Waals surface area (Å²) in [7, 11) is -1.69. The number of nitrogens with one attached hydrogen (secondary N) is 2. The Hall–Kier alpha value is -1.44. The largest absolute Gasteiger partial charge is 0.352 e. The van der Waals surface area contributed by atoms with Crippen molar-refractivity contribution < 1.29 is 13.2 Å². The fourth-order valence-electron chi connectivity index (χ4n) is 2.08. The molecule has 0 aromatic heterocycles. The Kier molecular flexibility index (Phi) is 7.50. The molecule has 0 aliphatic heterocycles. The zero-order valence-corrected chi connectivity index (χ0v) is 14.2. The Balaban J connectivity index is 2.88. The van der Waals surface area contributed by atoms with Crippen molar-refractivity contribution in [2.24, 2.45) is 0 Å². The highest BCUT2D eigenvalue weighted by Crippen LogP contribution is 2.16. The molecule has 7 heteroatoms. The summed E-state index contributed by atoms with van der Waals surface area (Å²) in [5.41, 5.74) is 0.359. The molecule has 0 aliphatic rings.